The van der Waals surface area contributed by atoms with Crippen molar-refractivity contribution in [1.29, 1.82) is 0 Å². The molecule has 1 N–H and O–H groups in total. The Morgan fingerprint density at radius 2 is 2.07 bits per heavy atom. The number of halogens is 3. The van der Waals surface area contributed by atoms with Crippen LogP contribution >= 0.6 is 0 Å². The topological polar surface area (TPSA) is 57.6 Å². The van der Waals surface area contributed by atoms with Gasteiger partial charge in [-0.2, -0.15) is 13.2 Å². The zero-order chi connectivity index (χ0) is 10.9. The fourth-order valence-electron chi connectivity index (χ4n) is 1.31. The number of hydrogen-bond donors (Lipinski definition) is 1. The third-order valence-corrected chi connectivity index (χ3v) is 2.12. The summed E-state index contributed by atoms with van der Waals surface area (Å²) in [5, 5.41) is 8.42. The number of rotatable bonds is 0. The third-order valence-electron chi connectivity index (χ3n) is 2.12. The molecule has 0 aliphatic carbocycles. The lowest BCUT2D eigenvalue weighted by Gasteiger charge is -2.29. The zero-order valence-corrected chi connectivity index (χ0v) is 7.04. The van der Waals surface area contributed by atoms with Crippen molar-refractivity contribution < 1.29 is 27.9 Å². The highest BCUT2D eigenvalue weighted by Crippen LogP contribution is 2.34. The molecule has 0 radical (unpaired) electrons. The van der Waals surface area contributed by atoms with Crippen LogP contribution in [-0.2, 0) is 4.79 Å². The summed E-state index contributed by atoms with van der Waals surface area (Å²) in [6, 6.07) is 0. The normalized spacial score (nSPS) is 23.8. The van der Waals surface area contributed by atoms with Crippen LogP contribution in [0.1, 0.15) is 12.8 Å². The van der Waals surface area contributed by atoms with E-state index in [1.165, 1.54) is 0 Å². The molecular weight excluding hydrogens is 203 g/mol. The molecule has 4 nitrogen and oxygen atoms in total. The van der Waals surface area contributed by atoms with E-state index in [9.17, 15) is 22.8 Å². The molecule has 7 heteroatoms. The number of alkyl halides is 3. The number of hydrogen-bond acceptors (Lipinski definition) is 2. The molecule has 0 aromatic carbocycles. The van der Waals surface area contributed by atoms with Crippen LogP contribution in [0.3, 0.4) is 0 Å². The Bertz CT molecular complexity index is 263. The SMILES string of the molecule is O=C(O)N1CCC(C(F)(F)F)CC1=O. The lowest BCUT2D eigenvalue weighted by atomic mass is 9.96. The number of carboxylic acid groups (broad SMARTS) is 1. The van der Waals surface area contributed by atoms with Crippen LogP contribution in [-0.4, -0.2) is 34.7 Å². The maximum absolute atomic E-state index is 12.1. The largest absolute Gasteiger partial charge is 0.465 e. The lowest BCUT2D eigenvalue weighted by molar-refractivity contribution is -0.188. The number of carbonyl (C=O) groups is 2. The van der Waals surface area contributed by atoms with Gasteiger partial charge in [0.15, 0.2) is 0 Å². The molecule has 14 heavy (non-hydrogen) atoms. The molecule has 1 heterocycles. The number of imide groups is 1. The molecule has 1 rings (SSSR count). The first kappa shape index (κ1) is 10.8. The van der Waals surface area contributed by atoms with Gasteiger partial charge in [-0.25, -0.2) is 9.69 Å². The Hall–Kier alpha value is -1.27. The molecule has 1 aliphatic rings. The van der Waals surface area contributed by atoms with Gasteiger partial charge < -0.3 is 5.11 Å². The average molecular weight is 211 g/mol. The lowest BCUT2D eigenvalue weighted by Crippen LogP contribution is -2.45. The van der Waals surface area contributed by atoms with Gasteiger partial charge in [0.25, 0.3) is 0 Å². The molecule has 2 amide bonds. The van der Waals surface area contributed by atoms with E-state index < -0.39 is 30.5 Å². The van der Waals surface area contributed by atoms with Crippen LogP contribution in [0.2, 0.25) is 0 Å². The minimum Gasteiger partial charge on any atom is -0.465 e. The summed E-state index contributed by atoms with van der Waals surface area (Å²) in [6.07, 6.45) is -7.02. The van der Waals surface area contributed by atoms with Crippen molar-refractivity contribution in [3.05, 3.63) is 0 Å². The van der Waals surface area contributed by atoms with E-state index in [-0.39, 0.29) is 13.0 Å². The van der Waals surface area contributed by atoms with Gasteiger partial charge in [0.1, 0.15) is 0 Å². The van der Waals surface area contributed by atoms with E-state index in [0.29, 0.717) is 4.90 Å². The molecule has 0 spiro atoms. The number of nitrogens with zero attached hydrogens (tertiary/aromatic N) is 1. The Kier molecular flexibility index (Phi) is 2.68. The van der Waals surface area contributed by atoms with E-state index in [2.05, 4.69) is 0 Å². The first-order valence-electron chi connectivity index (χ1n) is 3.92. The van der Waals surface area contributed by atoms with Crippen LogP contribution in [0.25, 0.3) is 0 Å². The number of carbonyl (C=O) groups excluding carboxylic acids is 1. The second-order valence-electron chi connectivity index (χ2n) is 3.06. The second-order valence-corrected chi connectivity index (χ2v) is 3.06. The predicted octanol–water partition coefficient (Wildman–Crippen LogP) is 1.47. The van der Waals surface area contributed by atoms with Gasteiger partial charge >= 0.3 is 12.3 Å². The van der Waals surface area contributed by atoms with E-state index in [1.807, 2.05) is 0 Å². The van der Waals surface area contributed by atoms with Crippen molar-refractivity contribution >= 4 is 12.0 Å². The monoisotopic (exact) mass is 211 g/mol. The Morgan fingerprint density at radius 1 is 1.50 bits per heavy atom. The van der Waals surface area contributed by atoms with Crippen molar-refractivity contribution in [2.24, 2.45) is 5.92 Å². The van der Waals surface area contributed by atoms with Gasteiger partial charge in [-0.1, -0.05) is 0 Å². The molecule has 1 unspecified atom stereocenters. The maximum atomic E-state index is 12.1. The van der Waals surface area contributed by atoms with Crippen molar-refractivity contribution in [3.8, 4) is 0 Å². The standard InChI is InChI=1S/C7H8F3NO3/c8-7(9,10)4-1-2-11(6(13)14)5(12)3-4/h4H,1-3H2,(H,13,14). The summed E-state index contributed by atoms with van der Waals surface area (Å²) in [6.45, 7) is -0.377. The molecule has 1 atom stereocenters. The van der Waals surface area contributed by atoms with Crippen LogP contribution < -0.4 is 0 Å². The minimum absolute atomic E-state index is 0.346. The van der Waals surface area contributed by atoms with Gasteiger partial charge in [0.05, 0.1) is 5.92 Å². The molecule has 1 saturated heterocycles. The third kappa shape index (κ3) is 2.15. The maximum Gasteiger partial charge on any atom is 0.414 e. The Labute approximate surface area is 77.3 Å². The minimum atomic E-state index is -4.42. The smallest absolute Gasteiger partial charge is 0.414 e. The highest BCUT2D eigenvalue weighted by molar-refractivity contribution is 5.91. The highest BCUT2D eigenvalue weighted by atomic mass is 19.4. The Morgan fingerprint density at radius 3 is 2.43 bits per heavy atom. The van der Waals surface area contributed by atoms with Crippen LogP contribution in [0.5, 0.6) is 0 Å². The number of likely N-dealkylation sites (tertiary alicyclic amines) is 1. The quantitative estimate of drug-likeness (QED) is 0.659. The molecule has 1 fully saturated rings. The summed E-state index contributed by atoms with van der Waals surface area (Å²) in [7, 11) is 0. The fraction of sp³-hybridized carbons (Fsp3) is 0.714. The van der Waals surface area contributed by atoms with Gasteiger partial charge in [-0.15, -0.1) is 0 Å². The van der Waals surface area contributed by atoms with Crippen molar-refractivity contribution in [2.45, 2.75) is 19.0 Å². The number of piperidine rings is 1. The molecule has 0 aromatic heterocycles. The van der Waals surface area contributed by atoms with E-state index in [4.69, 9.17) is 5.11 Å². The molecule has 1 aliphatic heterocycles. The van der Waals surface area contributed by atoms with Crippen molar-refractivity contribution in [2.75, 3.05) is 6.54 Å². The summed E-state index contributed by atoms with van der Waals surface area (Å²) in [5.41, 5.74) is 0. The van der Waals surface area contributed by atoms with Crippen LogP contribution in [0, 0.1) is 5.92 Å². The number of amides is 2. The summed E-state index contributed by atoms with van der Waals surface area (Å²) in [4.78, 5) is 21.7. The molecular formula is C7H8F3NO3. The van der Waals surface area contributed by atoms with Gasteiger partial charge in [0, 0.05) is 13.0 Å². The van der Waals surface area contributed by atoms with Crippen molar-refractivity contribution in [3.63, 3.8) is 0 Å². The van der Waals surface area contributed by atoms with Crippen LogP contribution in [0.4, 0.5) is 18.0 Å². The molecule has 80 valence electrons. The fourth-order valence-corrected chi connectivity index (χ4v) is 1.31. The van der Waals surface area contributed by atoms with Crippen molar-refractivity contribution in [1.82, 2.24) is 4.90 Å². The molecule has 0 saturated carbocycles. The van der Waals surface area contributed by atoms with E-state index in [1.54, 1.807) is 0 Å². The van der Waals surface area contributed by atoms with E-state index in [0.717, 1.165) is 0 Å². The summed E-state index contributed by atoms with van der Waals surface area (Å²) in [5.74, 6) is -2.68. The summed E-state index contributed by atoms with van der Waals surface area (Å²) >= 11 is 0. The Balaban J connectivity index is 2.65. The first-order valence-corrected chi connectivity index (χ1v) is 3.92. The average Bonchev–Trinajstić information content (AvgIpc) is 2.01. The highest BCUT2D eigenvalue weighted by Gasteiger charge is 2.44. The second kappa shape index (κ2) is 3.47. The van der Waals surface area contributed by atoms with Gasteiger partial charge in [-0.05, 0) is 6.42 Å². The molecule has 0 bridgehead atoms. The zero-order valence-electron chi connectivity index (χ0n) is 7.04. The predicted molar refractivity (Wildman–Crippen MR) is 38.5 cm³/mol. The van der Waals surface area contributed by atoms with Crippen LogP contribution in [0.15, 0.2) is 0 Å². The first-order chi connectivity index (χ1) is 6.32. The molecule has 0 aromatic rings. The van der Waals surface area contributed by atoms with E-state index >= 15 is 0 Å². The summed E-state index contributed by atoms with van der Waals surface area (Å²) < 4.78 is 36.4. The van der Waals surface area contributed by atoms with Gasteiger partial charge in [-0.3, -0.25) is 4.79 Å². The van der Waals surface area contributed by atoms with Gasteiger partial charge in [0.2, 0.25) is 5.91 Å².